The van der Waals surface area contributed by atoms with Crippen molar-refractivity contribution in [1.82, 2.24) is 20.2 Å². The largest absolute Gasteiger partial charge is 0.386 e. The van der Waals surface area contributed by atoms with Crippen LogP contribution in [0.5, 0.6) is 0 Å². The molecule has 0 spiro atoms. The van der Waals surface area contributed by atoms with Gasteiger partial charge in [0, 0.05) is 5.02 Å². The van der Waals surface area contributed by atoms with Crippen molar-refractivity contribution in [2.45, 2.75) is 19.6 Å². The van der Waals surface area contributed by atoms with Crippen molar-refractivity contribution in [3.05, 3.63) is 40.7 Å². The molecule has 1 unspecified atom stereocenters. The lowest BCUT2D eigenvalue weighted by Gasteiger charge is -2.11. The van der Waals surface area contributed by atoms with E-state index in [1.807, 2.05) is 6.07 Å². The van der Waals surface area contributed by atoms with Crippen molar-refractivity contribution in [1.29, 1.82) is 0 Å². The van der Waals surface area contributed by atoms with Crippen molar-refractivity contribution in [2.24, 2.45) is 0 Å². The summed E-state index contributed by atoms with van der Waals surface area (Å²) in [6.07, 6.45) is -0.666. The first-order valence-electron chi connectivity index (χ1n) is 4.83. The highest BCUT2D eigenvalue weighted by atomic mass is 35.5. The fraction of sp³-hybridized carbons (Fsp3) is 0.300. The first-order chi connectivity index (χ1) is 7.66. The minimum Gasteiger partial charge on any atom is -0.386 e. The molecule has 2 aromatic rings. The first kappa shape index (κ1) is 11.0. The van der Waals surface area contributed by atoms with Crippen molar-refractivity contribution < 1.29 is 5.11 Å². The predicted octanol–water partition coefficient (Wildman–Crippen LogP) is 1.37. The highest BCUT2D eigenvalue weighted by Gasteiger charge is 2.11. The molecule has 1 aromatic carbocycles. The lowest BCUT2D eigenvalue weighted by Crippen LogP contribution is -2.11. The Labute approximate surface area is 97.7 Å². The average molecular weight is 239 g/mol. The van der Waals surface area contributed by atoms with Gasteiger partial charge in [-0.15, -0.1) is 5.10 Å². The molecule has 0 saturated heterocycles. The van der Waals surface area contributed by atoms with E-state index in [2.05, 4.69) is 15.5 Å². The van der Waals surface area contributed by atoms with Crippen LogP contribution in [-0.2, 0) is 6.54 Å². The van der Waals surface area contributed by atoms with Gasteiger partial charge in [-0.2, -0.15) is 0 Å². The van der Waals surface area contributed by atoms with Gasteiger partial charge in [-0.05, 0) is 35.0 Å². The molecule has 0 amide bonds. The summed E-state index contributed by atoms with van der Waals surface area (Å²) < 4.78 is 1.55. The van der Waals surface area contributed by atoms with Gasteiger partial charge in [0.1, 0.15) is 5.82 Å². The van der Waals surface area contributed by atoms with Crippen LogP contribution in [-0.4, -0.2) is 25.3 Å². The van der Waals surface area contributed by atoms with Crippen molar-refractivity contribution in [3.63, 3.8) is 0 Å². The molecule has 0 aliphatic rings. The Morgan fingerprint density at radius 1 is 1.50 bits per heavy atom. The number of aryl methyl sites for hydroxylation is 1. The molecule has 5 nitrogen and oxygen atoms in total. The molecular weight excluding hydrogens is 228 g/mol. The van der Waals surface area contributed by atoms with Gasteiger partial charge in [-0.3, -0.25) is 0 Å². The number of aliphatic hydroxyl groups is 1. The van der Waals surface area contributed by atoms with Gasteiger partial charge in [-0.1, -0.05) is 23.7 Å². The van der Waals surface area contributed by atoms with Crippen LogP contribution in [0.15, 0.2) is 24.3 Å². The molecule has 0 radical (unpaired) electrons. The summed E-state index contributed by atoms with van der Waals surface area (Å²) in [5.74, 6) is 0.668. The van der Waals surface area contributed by atoms with E-state index in [0.717, 1.165) is 5.56 Å². The summed E-state index contributed by atoms with van der Waals surface area (Å²) in [5.41, 5.74) is 0.752. The van der Waals surface area contributed by atoms with Gasteiger partial charge in [0.2, 0.25) is 0 Å². The normalized spacial score (nSPS) is 12.7. The number of benzene rings is 1. The summed E-state index contributed by atoms with van der Waals surface area (Å²) in [6, 6.07) is 7.11. The van der Waals surface area contributed by atoms with Crippen LogP contribution in [0.4, 0.5) is 0 Å². The third-order valence-electron chi connectivity index (χ3n) is 2.29. The summed E-state index contributed by atoms with van der Waals surface area (Å²) in [7, 11) is 0. The van der Waals surface area contributed by atoms with Crippen LogP contribution < -0.4 is 0 Å². The minimum absolute atomic E-state index is 0.319. The van der Waals surface area contributed by atoms with Gasteiger partial charge >= 0.3 is 0 Å². The zero-order valence-electron chi connectivity index (χ0n) is 8.71. The number of hydrogen-bond acceptors (Lipinski definition) is 4. The molecule has 2 rings (SSSR count). The molecule has 1 atom stereocenters. The first-order valence-corrected chi connectivity index (χ1v) is 5.21. The molecule has 6 heteroatoms. The molecule has 0 fully saturated rings. The third-order valence-corrected chi connectivity index (χ3v) is 2.53. The Hall–Kier alpha value is -1.46. The predicted molar refractivity (Wildman–Crippen MR) is 59.0 cm³/mol. The highest BCUT2D eigenvalue weighted by Crippen LogP contribution is 2.18. The Kier molecular flexibility index (Phi) is 3.17. The Morgan fingerprint density at radius 3 is 2.94 bits per heavy atom. The van der Waals surface area contributed by atoms with Crippen LogP contribution in [0.3, 0.4) is 0 Å². The Bertz CT molecular complexity index is 485. The van der Waals surface area contributed by atoms with E-state index in [9.17, 15) is 5.11 Å². The topological polar surface area (TPSA) is 63.8 Å². The standard InChI is InChI=1S/C10H11ClN4O/c1-7-12-13-14-15(7)6-10(16)8-3-2-4-9(11)5-8/h2-5,10,16H,6H2,1H3. The van der Waals surface area contributed by atoms with Crippen LogP contribution in [0, 0.1) is 6.92 Å². The van der Waals surface area contributed by atoms with Crippen molar-refractivity contribution in [2.75, 3.05) is 0 Å². The molecule has 1 N–H and O–H groups in total. The molecule has 0 aliphatic heterocycles. The quantitative estimate of drug-likeness (QED) is 0.877. The van der Waals surface area contributed by atoms with Crippen LogP contribution in [0.2, 0.25) is 5.02 Å². The van der Waals surface area contributed by atoms with E-state index in [0.29, 0.717) is 17.4 Å². The van der Waals surface area contributed by atoms with Crippen LogP contribution >= 0.6 is 11.6 Å². The van der Waals surface area contributed by atoms with Gasteiger partial charge in [0.05, 0.1) is 12.6 Å². The number of halogens is 1. The fourth-order valence-corrected chi connectivity index (χ4v) is 1.60. The maximum atomic E-state index is 9.97. The number of nitrogens with zero attached hydrogens (tertiary/aromatic N) is 4. The summed E-state index contributed by atoms with van der Waals surface area (Å²) in [6.45, 7) is 2.10. The minimum atomic E-state index is -0.666. The summed E-state index contributed by atoms with van der Waals surface area (Å²) >= 11 is 5.84. The van der Waals surface area contributed by atoms with E-state index >= 15 is 0 Å². The average Bonchev–Trinajstić information content (AvgIpc) is 2.64. The Balaban J connectivity index is 2.14. The van der Waals surface area contributed by atoms with E-state index in [-0.39, 0.29) is 0 Å². The van der Waals surface area contributed by atoms with Gasteiger partial charge in [0.25, 0.3) is 0 Å². The van der Waals surface area contributed by atoms with Crippen LogP contribution in [0.25, 0.3) is 0 Å². The summed E-state index contributed by atoms with van der Waals surface area (Å²) in [4.78, 5) is 0. The zero-order valence-corrected chi connectivity index (χ0v) is 9.46. The van der Waals surface area contributed by atoms with Crippen molar-refractivity contribution >= 4 is 11.6 Å². The SMILES string of the molecule is Cc1nnnn1CC(O)c1cccc(Cl)c1. The molecule has 1 aromatic heterocycles. The Morgan fingerprint density at radius 2 is 2.31 bits per heavy atom. The third kappa shape index (κ3) is 2.37. The number of aliphatic hydroxyl groups excluding tert-OH is 1. The van der Waals surface area contributed by atoms with E-state index in [1.165, 1.54) is 0 Å². The summed E-state index contributed by atoms with van der Waals surface area (Å²) in [5, 5.41) is 21.6. The smallest absolute Gasteiger partial charge is 0.148 e. The van der Waals surface area contributed by atoms with E-state index in [4.69, 9.17) is 11.6 Å². The van der Waals surface area contributed by atoms with Crippen molar-refractivity contribution in [3.8, 4) is 0 Å². The number of hydrogen-bond donors (Lipinski definition) is 1. The zero-order chi connectivity index (χ0) is 11.5. The second kappa shape index (κ2) is 4.59. The monoisotopic (exact) mass is 238 g/mol. The molecule has 1 heterocycles. The van der Waals surface area contributed by atoms with E-state index in [1.54, 1.807) is 29.8 Å². The maximum absolute atomic E-state index is 9.97. The molecule has 0 aliphatic carbocycles. The molecule has 16 heavy (non-hydrogen) atoms. The number of tetrazole rings is 1. The second-order valence-corrected chi connectivity index (χ2v) is 3.92. The van der Waals surface area contributed by atoms with Gasteiger partial charge in [0.15, 0.2) is 0 Å². The highest BCUT2D eigenvalue weighted by molar-refractivity contribution is 6.30. The number of aromatic nitrogens is 4. The molecule has 0 saturated carbocycles. The molecule has 84 valence electrons. The molecular formula is C10H11ClN4O. The van der Waals surface area contributed by atoms with Crippen LogP contribution in [0.1, 0.15) is 17.5 Å². The van der Waals surface area contributed by atoms with Gasteiger partial charge in [-0.25, -0.2) is 4.68 Å². The lowest BCUT2D eigenvalue weighted by atomic mass is 10.1. The second-order valence-electron chi connectivity index (χ2n) is 3.48. The molecule has 0 bridgehead atoms. The lowest BCUT2D eigenvalue weighted by molar-refractivity contribution is 0.149. The maximum Gasteiger partial charge on any atom is 0.148 e. The van der Waals surface area contributed by atoms with Gasteiger partial charge < -0.3 is 5.11 Å². The fourth-order valence-electron chi connectivity index (χ4n) is 1.40. The number of rotatable bonds is 3. The van der Waals surface area contributed by atoms with E-state index < -0.39 is 6.10 Å².